The SMILES string of the molecule is Cc1cc(Nc2cc(NC(=O)c3c(Cl)cccc3Cl)ccn2)nc(N(CCO)CCO)n1. The third-order valence-electron chi connectivity index (χ3n) is 4.33. The molecule has 0 aliphatic heterocycles. The molecule has 9 nitrogen and oxygen atoms in total. The Labute approximate surface area is 195 Å². The van der Waals surface area contributed by atoms with E-state index in [1.165, 1.54) is 6.20 Å². The predicted octanol–water partition coefficient (Wildman–Crippen LogP) is 3.27. The first-order chi connectivity index (χ1) is 15.4. The molecule has 0 fully saturated rings. The lowest BCUT2D eigenvalue weighted by molar-refractivity contribution is 0.102. The zero-order chi connectivity index (χ0) is 23.1. The van der Waals surface area contributed by atoms with E-state index in [1.807, 2.05) is 6.92 Å². The molecule has 0 spiro atoms. The van der Waals surface area contributed by atoms with E-state index in [9.17, 15) is 15.0 Å². The first-order valence-corrected chi connectivity index (χ1v) is 10.5. The molecule has 1 amide bonds. The van der Waals surface area contributed by atoms with Crippen LogP contribution in [-0.4, -0.2) is 57.4 Å². The molecule has 0 saturated heterocycles. The fraction of sp³-hybridized carbons (Fsp3) is 0.238. The van der Waals surface area contributed by atoms with Crippen molar-refractivity contribution in [2.45, 2.75) is 6.92 Å². The Morgan fingerprint density at radius 3 is 2.38 bits per heavy atom. The van der Waals surface area contributed by atoms with Crippen molar-refractivity contribution in [3.63, 3.8) is 0 Å². The summed E-state index contributed by atoms with van der Waals surface area (Å²) in [5.74, 6) is 0.835. The lowest BCUT2D eigenvalue weighted by Gasteiger charge is -2.21. The number of aryl methyl sites for hydroxylation is 1. The summed E-state index contributed by atoms with van der Waals surface area (Å²) in [5.41, 5.74) is 1.36. The van der Waals surface area contributed by atoms with Gasteiger partial charge in [-0.25, -0.2) is 9.97 Å². The third kappa shape index (κ3) is 6.04. The molecule has 2 heterocycles. The van der Waals surface area contributed by atoms with Gasteiger partial charge in [-0.3, -0.25) is 4.79 Å². The normalized spacial score (nSPS) is 10.7. The van der Waals surface area contributed by atoms with Gasteiger partial charge in [-0.15, -0.1) is 0 Å². The summed E-state index contributed by atoms with van der Waals surface area (Å²) in [4.78, 5) is 27.4. The number of rotatable bonds is 9. The predicted molar refractivity (Wildman–Crippen MR) is 125 cm³/mol. The molecule has 168 valence electrons. The maximum absolute atomic E-state index is 12.6. The lowest BCUT2D eigenvalue weighted by atomic mass is 10.2. The fourth-order valence-corrected chi connectivity index (χ4v) is 3.50. The molecule has 2 aromatic heterocycles. The smallest absolute Gasteiger partial charge is 0.258 e. The number of hydrogen-bond donors (Lipinski definition) is 4. The second-order valence-electron chi connectivity index (χ2n) is 6.73. The van der Waals surface area contributed by atoms with E-state index in [0.717, 1.165) is 0 Å². The molecular formula is C21H22Cl2N6O3. The van der Waals surface area contributed by atoms with Crippen LogP contribution in [0.5, 0.6) is 0 Å². The third-order valence-corrected chi connectivity index (χ3v) is 4.96. The number of hydrogen-bond acceptors (Lipinski definition) is 8. The highest BCUT2D eigenvalue weighted by Gasteiger charge is 2.15. The number of carbonyl (C=O) groups is 1. The van der Waals surface area contributed by atoms with Gasteiger partial charge >= 0.3 is 0 Å². The minimum Gasteiger partial charge on any atom is -0.395 e. The van der Waals surface area contributed by atoms with E-state index in [4.69, 9.17) is 23.2 Å². The van der Waals surface area contributed by atoms with Crippen LogP contribution in [0.4, 0.5) is 23.3 Å². The molecule has 0 atom stereocenters. The van der Waals surface area contributed by atoms with Crippen LogP contribution in [0.15, 0.2) is 42.6 Å². The summed E-state index contributed by atoms with van der Waals surface area (Å²) in [7, 11) is 0. The van der Waals surface area contributed by atoms with Gasteiger partial charge in [0.1, 0.15) is 11.6 Å². The van der Waals surface area contributed by atoms with Gasteiger partial charge in [-0.1, -0.05) is 29.3 Å². The molecular weight excluding hydrogens is 455 g/mol. The number of pyridine rings is 1. The Morgan fingerprint density at radius 1 is 1.03 bits per heavy atom. The first kappa shape index (κ1) is 23.7. The molecule has 1 aromatic carbocycles. The molecule has 0 unspecified atom stereocenters. The van der Waals surface area contributed by atoms with Crippen molar-refractivity contribution < 1.29 is 15.0 Å². The van der Waals surface area contributed by atoms with Gasteiger partial charge in [-0.2, -0.15) is 4.98 Å². The van der Waals surface area contributed by atoms with Crippen molar-refractivity contribution in [3.05, 3.63) is 63.9 Å². The Bertz CT molecular complexity index is 1070. The minimum atomic E-state index is -0.443. The van der Waals surface area contributed by atoms with Crippen molar-refractivity contribution in [2.75, 3.05) is 41.8 Å². The van der Waals surface area contributed by atoms with E-state index >= 15 is 0 Å². The second-order valence-corrected chi connectivity index (χ2v) is 7.55. The number of benzene rings is 1. The van der Waals surface area contributed by atoms with E-state index in [-0.39, 0.29) is 41.9 Å². The number of aliphatic hydroxyl groups is 2. The molecule has 4 N–H and O–H groups in total. The van der Waals surface area contributed by atoms with E-state index in [0.29, 0.717) is 29.0 Å². The molecule has 0 aliphatic carbocycles. The summed E-state index contributed by atoms with van der Waals surface area (Å²) < 4.78 is 0. The van der Waals surface area contributed by atoms with Gasteiger partial charge in [0.25, 0.3) is 5.91 Å². The van der Waals surface area contributed by atoms with Crippen LogP contribution in [0, 0.1) is 6.92 Å². The molecule has 11 heteroatoms. The van der Waals surface area contributed by atoms with Crippen LogP contribution in [0.1, 0.15) is 16.1 Å². The van der Waals surface area contributed by atoms with Gasteiger partial charge in [0.2, 0.25) is 5.95 Å². The topological polar surface area (TPSA) is 124 Å². The molecule has 32 heavy (non-hydrogen) atoms. The van der Waals surface area contributed by atoms with Crippen molar-refractivity contribution in [3.8, 4) is 0 Å². The summed E-state index contributed by atoms with van der Waals surface area (Å²) >= 11 is 12.2. The standard InChI is InChI=1S/C21H22Cl2N6O3/c1-13-11-18(28-21(25-13)29(7-9-30)8-10-31)27-17-12-14(5-6-24-17)26-20(32)19-15(22)3-2-4-16(19)23/h2-6,11-12,30-31H,7-10H2,1H3,(H2,24,25,26,27,28,32). The number of nitrogens with one attached hydrogen (secondary N) is 2. The number of halogens is 2. The molecule has 0 saturated carbocycles. The maximum Gasteiger partial charge on any atom is 0.258 e. The van der Waals surface area contributed by atoms with Gasteiger partial charge in [0.05, 0.1) is 28.8 Å². The van der Waals surface area contributed by atoms with E-state index in [2.05, 4.69) is 25.6 Å². The highest BCUT2D eigenvalue weighted by Crippen LogP contribution is 2.26. The van der Waals surface area contributed by atoms with Crippen LogP contribution < -0.4 is 15.5 Å². The summed E-state index contributed by atoms with van der Waals surface area (Å²) in [6.07, 6.45) is 1.53. The average Bonchev–Trinajstić information content (AvgIpc) is 2.73. The zero-order valence-corrected chi connectivity index (χ0v) is 18.7. The Balaban J connectivity index is 1.79. The highest BCUT2D eigenvalue weighted by molar-refractivity contribution is 6.40. The van der Waals surface area contributed by atoms with Crippen LogP contribution in [0.2, 0.25) is 10.0 Å². The van der Waals surface area contributed by atoms with E-state index < -0.39 is 5.91 Å². The Morgan fingerprint density at radius 2 is 1.72 bits per heavy atom. The molecule has 3 aromatic rings. The number of anilines is 4. The zero-order valence-electron chi connectivity index (χ0n) is 17.2. The number of aliphatic hydroxyl groups excluding tert-OH is 2. The number of aromatic nitrogens is 3. The molecule has 3 rings (SSSR count). The van der Waals surface area contributed by atoms with Crippen LogP contribution >= 0.6 is 23.2 Å². The lowest BCUT2D eigenvalue weighted by Crippen LogP contribution is -2.31. The first-order valence-electron chi connectivity index (χ1n) is 9.72. The largest absolute Gasteiger partial charge is 0.395 e. The molecule has 0 radical (unpaired) electrons. The Kier molecular flexibility index (Phi) is 8.18. The number of amides is 1. The molecule has 0 aliphatic rings. The Hall–Kier alpha value is -2.98. The average molecular weight is 477 g/mol. The van der Waals surface area contributed by atoms with Crippen molar-refractivity contribution in [2.24, 2.45) is 0 Å². The quantitative estimate of drug-likeness (QED) is 0.370. The van der Waals surface area contributed by atoms with Gasteiger partial charge in [-0.05, 0) is 25.1 Å². The van der Waals surface area contributed by atoms with Crippen molar-refractivity contribution in [1.82, 2.24) is 15.0 Å². The summed E-state index contributed by atoms with van der Waals surface area (Å²) in [5, 5.41) is 24.9. The molecule has 0 bridgehead atoms. The monoisotopic (exact) mass is 476 g/mol. The maximum atomic E-state index is 12.6. The van der Waals surface area contributed by atoms with E-state index in [1.54, 1.807) is 41.3 Å². The van der Waals surface area contributed by atoms with Crippen LogP contribution in [-0.2, 0) is 0 Å². The summed E-state index contributed by atoms with van der Waals surface area (Å²) in [6.45, 7) is 2.18. The van der Waals surface area contributed by atoms with Crippen molar-refractivity contribution in [1.29, 1.82) is 0 Å². The fourth-order valence-electron chi connectivity index (χ4n) is 2.93. The minimum absolute atomic E-state index is 0.0984. The van der Waals surface area contributed by atoms with Gasteiger partial charge < -0.3 is 25.7 Å². The summed E-state index contributed by atoms with van der Waals surface area (Å²) in [6, 6.07) is 9.85. The number of nitrogens with zero attached hydrogens (tertiary/aromatic N) is 4. The van der Waals surface area contributed by atoms with Gasteiger partial charge in [0, 0.05) is 42.8 Å². The van der Waals surface area contributed by atoms with Crippen LogP contribution in [0.25, 0.3) is 0 Å². The van der Waals surface area contributed by atoms with Crippen LogP contribution in [0.3, 0.4) is 0 Å². The number of carbonyl (C=O) groups excluding carboxylic acids is 1. The van der Waals surface area contributed by atoms with Gasteiger partial charge in [0.15, 0.2) is 0 Å². The highest BCUT2D eigenvalue weighted by atomic mass is 35.5. The second kappa shape index (κ2) is 11.1. The van der Waals surface area contributed by atoms with Crippen molar-refractivity contribution >= 4 is 52.4 Å².